The van der Waals surface area contributed by atoms with Crippen molar-refractivity contribution in [2.24, 2.45) is 0 Å². The average molecular weight is 279 g/mol. The number of ether oxygens (including phenoxy) is 1. The molecule has 0 unspecified atom stereocenters. The molecule has 0 saturated heterocycles. The zero-order valence-electron chi connectivity index (χ0n) is 12.7. The summed E-state index contributed by atoms with van der Waals surface area (Å²) in [6.45, 7) is 8.49. The zero-order valence-corrected chi connectivity index (χ0v) is 12.7. The van der Waals surface area contributed by atoms with Crippen molar-refractivity contribution in [2.75, 3.05) is 26.2 Å². The molecule has 4 heteroatoms. The van der Waals surface area contributed by atoms with Gasteiger partial charge in [0, 0.05) is 6.54 Å². The number of rotatable bonds is 9. The second-order valence-corrected chi connectivity index (χ2v) is 5.12. The molecule has 0 amide bonds. The fourth-order valence-corrected chi connectivity index (χ4v) is 2.06. The summed E-state index contributed by atoms with van der Waals surface area (Å²) in [5, 5.41) is 8.83. The van der Waals surface area contributed by atoms with Gasteiger partial charge in [0.2, 0.25) is 0 Å². The number of aryl methyl sites for hydroxylation is 2. The molecular formula is C16H25NO3. The van der Waals surface area contributed by atoms with E-state index in [1.807, 2.05) is 17.0 Å². The molecule has 0 atom stereocenters. The van der Waals surface area contributed by atoms with Crippen LogP contribution in [0.3, 0.4) is 0 Å². The van der Waals surface area contributed by atoms with Gasteiger partial charge < -0.3 is 9.84 Å². The maximum atomic E-state index is 10.7. The molecule has 112 valence electrons. The van der Waals surface area contributed by atoms with E-state index < -0.39 is 5.97 Å². The van der Waals surface area contributed by atoms with Gasteiger partial charge in [-0.2, -0.15) is 0 Å². The van der Waals surface area contributed by atoms with E-state index in [1.165, 1.54) is 11.1 Å². The highest BCUT2D eigenvalue weighted by Gasteiger charge is 2.08. The molecule has 20 heavy (non-hydrogen) atoms. The van der Waals surface area contributed by atoms with Gasteiger partial charge in [-0.3, -0.25) is 9.69 Å². The summed E-state index contributed by atoms with van der Waals surface area (Å²) in [6.07, 6.45) is 1.80. The Labute approximate surface area is 121 Å². The van der Waals surface area contributed by atoms with Crippen molar-refractivity contribution in [1.29, 1.82) is 0 Å². The lowest BCUT2D eigenvalue weighted by Gasteiger charge is -2.19. The highest BCUT2D eigenvalue weighted by molar-refractivity contribution is 5.69. The minimum Gasteiger partial charge on any atom is -0.494 e. The first-order chi connectivity index (χ1) is 9.52. The van der Waals surface area contributed by atoms with Gasteiger partial charge in [0.25, 0.3) is 0 Å². The molecule has 1 rings (SSSR count). The molecule has 0 fully saturated rings. The molecule has 4 nitrogen and oxygen atoms in total. The predicted molar refractivity (Wildman–Crippen MR) is 80.4 cm³/mol. The van der Waals surface area contributed by atoms with Crippen molar-refractivity contribution < 1.29 is 14.6 Å². The number of benzene rings is 1. The second-order valence-electron chi connectivity index (χ2n) is 5.12. The highest BCUT2D eigenvalue weighted by atomic mass is 16.5. The van der Waals surface area contributed by atoms with Crippen LogP contribution in [0.25, 0.3) is 0 Å². The first kappa shape index (κ1) is 16.5. The molecule has 1 aromatic carbocycles. The van der Waals surface area contributed by atoms with Gasteiger partial charge in [-0.05, 0) is 56.5 Å². The Morgan fingerprint density at radius 1 is 1.25 bits per heavy atom. The van der Waals surface area contributed by atoms with Crippen LogP contribution < -0.4 is 4.74 Å². The number of hydrogen-bond acceptors (Lipinski definition) is 3. The van der Waals surface area contributed by atoms with Crippen LogP contribution in [0.4, 0.5) is 0 Å². The van der Waals surface area contributed by atoms with Crippen molar-refractivity contribution in [1.82, 2.24) is 4.90 Å². The lowest BCUT2D eigenvalue weighted by Crippen LogP contribution is -2.32. The Hall–Kier alpha value is -1.55. The third-order valence-corrected chi connectivity index (χ3v) is 3.26. The predicted octanol–water partition coefficient (Wildman–Crippen LogP) is 2.87. The first-order valence-corrected chi connectivity index (χ1v) is 7.17. The van der Waals surface area contributed by atoms with E-state index in [1.54, 1.807) is 0 Å². The summed E-state index contributed by atoms with van der Waals surface area (Å²) in [6, 6.07) is 6.07. The van der Waals surface area contributed by atoms with Crippen LogP contribution >= 0.6 is 0 Å². The van der Waals surface area contributed by atoms with E-state index in [4.69, 9.17) is 9.84 Å². The fraction of sp³-hybridized carbons (Fsp3) is 0.562. The van der Waals surface area contributed by atoms with Gasteiger partial charge in [-0.25, -0.2) is 0 Å². The van der Waals surface area contributed by atoms with Crippen molar-refractivity contribution in [2.45, 2.75) is 33.6 Å². The Bertz CT molecular complexity index is 432. The lowest BCUT2D eigenvalue weighted by atomic mass is 10.1. The van der Waals surface area contributed by atoms with Crippen molar-refractivity contribution in [3.8, 4) is 5.75 Å². The molecule has 0 heterocycles. The minimum absolute atomic E-state index is 0.109. The number of carbonyl (C=O) groups is 1. The molecular weight excluding hydrogens is 254 g/mol. The third-order valence-electron chi connectivity index (χ3n) is 3.26. The average Bonchev–Trinajstić information content (AvgIpc) is 2.38. The largest absolute Gasteiger partial charge is 0.494 e. The molecule has 1 N–H and O–H groups in total. The maximum absolute atomic E-state index is 10.7. The summed E-state index contributed by atoms with van der Waals surface area (Å²) in [7, 11) is 0. The van der Waals surface area contributed by atoms with E-state index in [-0.39, 0.29) is 6.54 Å². The second kappa shape index (κ2) is 8.59. The Kier molecular flexibility index (Phi) is 7.09. The van der Waals surface area contributed by atoms with Crippen molar-refractivity contribution >= 4 is 5.97 Å². The highest BCUT2D eigenvalue weighted by Crippen LogP contribution is 2.16. The quantitative estimate of drug-likeness (QED) is 0.706. The Balaban J connectivity index is 2.31. The Morgan fingerprint density at radius 2 is 2.00 bits per heavy atom. The number of aliphatic carboxylic acids is 1. The minimum atomic E-state index is -0.770. The molecule has 0 bridgehead atoms. The molecule has 0 aromatic heterocycles. The van der Waals surface area contributed by atoms with E-state index in [2.05, 4.69) is 26.8 Å². The molecule has 0 saturated carbocycles. The SMILES string of the molecule is CCCN(CCCOc1ccc(C)c(C)c1)CC(=O)O. The van der Waals surface area contributed by atoms with Gasteiger partial charge in [-0.1, -0.05) is 13.0 Å². The zero-order chi connectivity index (χ0) is 15.0. The molecule has 0 aliphatic carbocycles. The summed E-state index contributed by atoms with van der Waals surface area (Å²) < 4.78 is 5.70. The molecule has 1 aromatic rings. The number of nitrogens with zero attached hydrogens (tertiary/aromatic N) is 1. The molecule has 0 aliphatic heterocycles. The monoisotopic (exact) mass is 279 g/mol. The normalized spacial score (nSPS) is 10.8. The summed E-state index contributed by atoms with van der Waals surface area (Å²) in [5.41, 5.74) is 2.48. The van der Waals surface area contributed by atoms with E-state index >= 15 is 0 Å². The van der Waals surface area contributed by atoms with Crippen molar-refractivity contribution in [3.05, 3.63) is 29.3 Å². The van der Waals surface area contributed by atoms with Crippen LogP contribution in [-0.2, 0) is 4.79 Å². The van der Waals surface area contributed by atoms with Crippen molar-refractivity contribution in [3.63, 3.8) is 0 Å². The van der Waals surface area contributed by atoms with Crippen LogP contribution in [0, 0.1) is 13.8 Å². The van der Waals surface area contributed by atoms with Crippen LogP contribution in [0.15, 0.2) is 18.2 Å². The van der Waals surface area contributed by atoms with E-state index in [0.717, 1.165) is 31.7 Å². The number of hydrogen-bond donors (Lipinski definition) is 1. The fourth-order valence-electron chi connectivity index (χ4n) is 2.06. The van der Waals surface area contributed by atoms with Crippen LogP contribution in [0.5, 0.6) is 5.75 Å². The molecule has 0 spiro atoms. The van der Waals surface area contributed by atoms with Gasteiger partial charge in [0.1, 0.15) is 5.75 Å². The van der Waals surface area contributed by atoms with Crippen LogP contribution in [0.1, 0.15) is 30.9 Å². The maximum Gasteiger partial charge on any atom is 0.317 e. The lowest BCUT2D eigenvalue weighted by molar-refractivity contribution is -0.138. The van der Waals surface area contributed by atoms with E-state index in [0.29, 0.717) is 6.61 Å². The van der Waals surface area contributed by atoms with Gasteiger partial charge in [-0.15, -0.1) is 0 Å². The smallest absolute Gasteiger partial charge is 0.317 e. The standard InChI is InChI=1S/C16H25NO3/c1-4-8-17(12-16(18)19)9-5-10-20-15-7-6-13(2)14(3)11-15/h6-7,11H,4-5,8-10,12H2,1-3H3,(H,18,19). The van der Waals surface area contributed by atoms with Gasteiger partial charge in [0.05, 0.1) is 13.2 Å². The topological polar surface area (TPSA) is 49.8 Å². The Morgan fingerprint density at radius 3 is 2.60 bits per heavy atom. The summed E-state index contributed by atoms with van der Waals surface area (Å²) in [5.74, 6) is 0.113. The van der Waals surface area contributed by atoms with Crippen LogP contribution in [-0.4, -0.2) is 42.2 Å². The van der Waals surface area contributed by atoms with E-state index in [9.17, 15) is 4.79 Å². The van der Waals surface area contributed by atoms with Gasteiger partial charge in [0.15, 0.2) is 0 Å². The summed E-state index contributed by atoms with van der Waals surface area (Å²) >= 11 is 0. The van der Waals surface area contributed by atoms with Gasteiger partial charge >= 0.3 is 5.97 Å². The molecule has 0 radical (unpaired) electrons. The molecule has 0 aliphatic rings. The third kappa shape index (κ3) is 6.06. The summed E-state index contributed by atoms with van der Waals surface area (Å²) in [4.78, 5) is 12.7. The van der Waals surface area contributed by atoms with Crippen LogP contribution in [0.2, 0.25) is 0 Å². The first-order valence-electron chi connectivity index (χ1n) is 7.17. The number of carboxylic acids is 1. The number of carboxylic acid groups (broad SMARTS) is 1.